The molecule has 8 heteroatoms. The average molecular weight is 408 g/mol. The molecule has 0 aliphatic carbocycles. The summed E-state index contributed by atoms with van der Waals surface area (Å²) < 4.78 is 1.81. The number of nitrogens with zero attached hydrogens (tertiary/aromatic N) is 5. The third kappa shape index (κ3) is 4.00. The lowest BCUT2D eigenvalue weighted by Crippen LogP contribution is -2.43. The van der Waals surface area contributed by atoms with Gasteiger partial charge in [0, 0.05) is 67.8 Å². The number of nitrogens with one attached hydrogen (secondary N) is 2. The first-order valence-electron chi connectivity index (χ1n) is 10.7. The molecule has 1 saturated heterocycles. The Kier molecular flexibility index (Phi) is 5.94. The molecule has 2 N–H and O–H groups in total. The summed E-state index contributed by atoms with van der Waals surface area (Å²) in [7, 11) is 0. The van der Waals surface area contributed by atoms with Crippen LogP contribution in [0.3, 0.4) is 0 Å². The van der Waals surface area contributed by atoms with Gasteiger partial charge in [0.25, 0.3) is 5.56 Å². The lowest BCUT2D eigenvalue weighted by molar-refractivity contribution is 0.469. The van der Waals surface area contributed by atoms with E-state index in [1.54, 1.807) is 23.0 Å². The largest absolute Gasteiger partial charge is 0.369 e. The number of hydrogen-bond donors (Lipinski definition) is 2. The zero-order valence-electron chi connectivity index (χ0n) is 17.9. The minimum Gasteiger partial charge on any atom is -0.369 e. The zero-order chi connectivity index (χ0) is 21.1. The fraction of sp³-hybridized carbons (Fsp3) is 0.455. The van der Waals surface area contributed by atoms with Gasteiger partial charge in [-0.15, -0.1) is 0 Å². The van der Waals surface area contributed by atoms with E-state index < -0.39 is 0 Å². The van der Waals surface area contributed by atoms with Crippen molar-refractivity contribution in [3.05, 3.63) is 46.5 Å². The highest BCUT2D eigenvalue weighted by atomic mass is 16.1. The van der Waals surface area contributed by atoms with E-state index in [0.29, 0.717) is 17.4 Å². The Morgan fingerprint density at radius 2 is 1.93 bits per heavy atom. The predicted octanol–water partition coefficient (Wildman–Crippen LogP) is 3.01. The van der Waals surface area contributed by atoms with Crippen LogP contribution in [-0.4, -0.2) is 45.7 Å². The van der Waals surface area contributed by atoms with E-state index in [-0.39, 0.29) is 11.6 Å². The zero-order valence-corrected chi connectivity index (χ0v) is 17.9. The number of aryl methyl sites for hydroxylation is 1. The molecule has 0 unspecified atom stereocenters. The van der Waals surface area contributed by atoms with Crippen LogP contribution in [0.5, 0.6) is 0 Å². The van der Waals surface area contributed by atoms with Gasteiger partial charge in [0.05, 0.1) is 0 Å². The summed E-state index contributed by atoms with van der Waals surface area (Å²) in [6, 6.07) is 5.82. The molecule has 1 fully saturated rings. The van der Waals surface area contributed by atoms with Gasteiger partial charge < -0.3 is 15.5 Å². The maximum atomic E-state index is 12.8. The highest BCUT2D eigenvalue weighted by Gasteiger charge is 2.16. The Hall–Kier alpha value is -3.00. The van der Waals surface area contributed by atoms with Gasteiger partial charge in [0.15, 0.2) is 0 Å². The lowest BCUT2D eigenvalue weighted by Gasteiger charge is -2.29. The maximum absolute atomic E-state index is 12.8. The molecule has 0 saturated carbocycles. The number of fused-ring (bicyclic) bond motifs is 1. The summed E-state index contributed by atoms with van der Waals surface area (Å²) in [6.45, 7) is 10.0. The van der Waals surface area contributed by atoms with Crippen LogP contribution in [0.25, 0.3) is 11.0 Å². The van der Waals surface area contributed by atoms with Crippen molar-refractivity contribution in [2.75, 3.05) is 36.4 Å². The van der Waals surface area contributed by atoms with Crippen LogP contribution in [0.1, 0.15) is 38.3 Å². The lowest BCUT2D eigenvalue weighted by atomic mass is 10.1. The van der Waals surface area contributed by atoms with E-state index in [2.05, 4.69) is 39.3 Å². The highest BCUT2D eigenvalue weighted by Crippen LogP contribution is 2.24. The van der Waals surface area contributed by atoms with Crippen molar-refractivity contribution in [2.24, 2.45) is 0 Å². The highest BCUT2D eigenvalue weighted by molar-refractivity contribution is 5.79. The predicted molar refractivity (Wildman–Crippen MR) is 121 cm³/mol. The fourth-order valence-electron chi connectivity index (χ4n) is 4.06. The Labute approximate surface area is 176 Å². The summed E-state index contributed by atoms with van der Waals surface area (Å²) >= 11 is 0. The first kappa shape index (κ1) is 20.3. The quantitative estimate of drug-likeness (QED) is 0.649. The first-order valence-corrected chi connectivity index (χ1v) is 10.7. The second-order valence-corrected chi connectivity index (χ2v) is 7.70. The summed E-state index contributed by atoms with van der Waals surface area (Å²) in [5, 5.41) is 7.49. The average Bonchev–Trinajstić information content (AvgIpc) is 2.77. The van der Waals surface area contributed by atoms with Crippen LogP contribution in [0.15, 0.2) is 35.4 Å². The van der Waals surface area contributed by atoms with Crippen LogP contribution in [0.4, 0.5) is 17.5 Å². The molecule has 0 atom stereocenters. The molecule has 3 aromatic heterocycles. The first-order chi connectivity index (χ1) is 14.6. The Morgan fingerprint density at radius 3 is 2.67 bits per heavy atom. The molecular weight excluding hydrogens is 378 g/mol. The summed E-state index contributed by atoms with van der Waals surface area (Å²) in [5.74, 6) is 1.13. The van der Waals surface area contributed by atoms with Crippen molar-refractivity contribution in [3.63, 3.8) is 0 Å². The summed E-state index contributed by atoms with van der Waals surface area (Å²) in [4.78, 5) is 28.7. The van der Waals surface area contributed by atoms with E-state index >= 15 is 0 Å². The molecule has 4 rings (SSSR count). The van der Waals surface area contributed by atoms with Crippen molar-refractivity contribution in [3.8, 4) is 0 Å². The molecular formula is C22H29N7O. The number of piperazine rings is 1. The van der Waals surface area contributed by atoms with Crippen molar-refractivity contribution in [1.29, 1.82) is 0 Å². The third-order valence-electron chi connectivity index (χ3n) is 5.77. The monoisotopic (exact) mass is 407 g/mol. The smallest absolute Gasteiger partial charge is 0.252 e. The minimum atomic E-state index is -0.0165. The molecule has 8 nitrogen and oxygen atoms in total. The number of anilines is 3. The maximum Gasteiger partial charge on any atom is 0.252 e. The SMILES string of the molecule is CCC(CC)n1c(=O)cc(C)c2cnc(Nc3cc(N4CCNCC4)ccn3)nc21. The van der Waals surface area contributed by atoms with Gasteiger partial charge in [-0.25, -0.2) is 9.97 Å². The van der Waals surface area contributed by atoms with E-state index in [4.69, 9.17) is 4.98 Å². The molecule has 0 aromatic carbocycles. The minimum absolute atomic E-state index is 0.0165. The number of rotatable bonds is 6. The van der Waals surface area contributed by atoms with Crippen LogP contribution < -0.4 is 21.1 Å². The van der Waals surface area contributed by atoms with Gasteiger partial charge in [-0.05, 0) is 31.4 Å². The van der Waals surface area contributed by atoms with Gasteiger partial charge in [-0.1, -0.05) is 13.8 Å². The van der Waals surface area contributed by atoms with Gasteiger partial charge in [0.2, 0.25) is 5.95 Å². The molecule has 0 bridgehead atoms. The standard InChI is InChI=1S/C22H29N7O/c1-4-16(5-2)29-20(30)12-15(3)18-14-25-22(27-21(18)29)26-19-13-17(6-7-24-19)28-10-8-23-9-11-28/h6-7,12-14,16,23H,4-5,8-11H2,1-3H3,(H,24,25,26,27). The number of pyridine rings is 2. The Balaban J connectivity index is 1.70. The van der Waals surface area contributed by atoms with E-state index in [1.807, 2.05) is 19.1 Å². The topological polar surface area (TPSA) is 88.0 Å². The summed E-state index contributed by atoms with van der Waals surface area (Å²) in [6.07, 6.45) is 5.33. The molecule has 158 valence electrons. The second kappa shape index (κ2) is 8.79. The molecule has 4 heterocycles. The molecule has 0 radical (unpaired) electrons. The number of aromatic nitrogens is 4. The van der Waals surface area contributed by atoms with Crippen molar-refractivity contribution < 1.29 is 0 Å². The molecule has 0 amide bonds. The fourth-order valence-corrected chi connectivity index (χ4v) is 4.06. The van der Waals surface area contributed by atoms with Crippen LogP contribution in [0, 0.1) is 6.92 Å². The van der Waals surface area contributed by atoms with E-state index in [9.17, 15) is 4.79 Å². The van der Waals surface area contributed by atoms with E-state index in [1.165, 1.54) is 0 Å². The van der Waals surface area contributed by atoms with Crippen LogP contribution >= 0.6 is 0 Å². The van der Waals surface area contributed by atoms with E-state index in [0.717, 1.165) is 55.7 Å². The summed E-state index contributed by atoms with van der Waals surface area (Å²) in [5.41, 5.74) is 2.67. The molecule has 3 aromatic rings. The Morgan fingerprint density at radius 1 is 1.17 bits per heavy atom. The van der Waals surface area contributed by atoms with Gasteiger partial charge >= 0.3 is 0 Å². The van der Waals surface area contributed by atoms with Crippen LogP contribution in [-0.2, 0) is 0 Å². The van der Waals surface area contributed by atoms with Crippen LogP contribution in [0.2, 0.25) is 0 Å². The number of hydrogen-bond acceptors (Lipinski definition) is 7. The third-order valence-corrected chi connectivity index (χ3v) is 5.77. The molecule has 1 aliphatic rings. The van der Waals surface area contributed by atoms with Crippen molar-refractivity contribution >= 4 is 28.5 Å². The van der Waals surface area contributed by atoms with Gasteiger partial charge in [-0.3, -0.25) is 9.36 Å². The molecule has 0 spiro atoms. The van der Waals surface area contributed by atoms with Gasteiger partial charge in [0.1, 0.15) is 11.5 Å². The Bertz CT molecular complexity index is 1080. The van der Waals surface area contributed by atoms with Gasteiger partial charge in [-0.2, -0.15) is 4.98 Å². The molecule has 30 heavy (non-hydrogen) atoms. The van der Waals surface area contributed by atoms with Crippen molar-refractivity contribution in [1.82, 2.24) is 24.8 Å². The second-order valence-electron chi connectivity index (χ2n) is 7.70. The normalized spacial score (nSPS) is 14.5. The molecule has 1 aliphatic heterocycles. The van der Waals surface area contributed by atoms with Crippen molar-refractivity contribution in [2.45, 2.75) is 39.7 Å².